The van der Waals surface area contributed by atoms with Crippen molar-refractivity contribution in [3.05, 3.63) is 0 Å². The molecule has 6 nitrogen and oxygen atoms in total. The van der Waals surface area contributed by atoms with E-state index in [0.29, 0.717) is 13.2 Å². The fraction of sp³-hybridized carbons (Fsp3) is 0.875. The van der Waals surface area contributed by atoms with Gasteiger partial charge >= 0.3 is 6.03 Å². The van der Waals surface area contributed by atoms with Crippen LogP contribution >= 0.6 is 0 Å². The first-order chi connectivity index (χ1) is 10.5. The largest absolute Gasteiger partial charge is 0.381 e. The lowest BCUT2D eigenvalue weighted by atomic mass is 9.85. The van der Waals surface area contributed by atoms with Gasteiger partial charge in [0.25, 0.3) is 0 Å². The van der Waals surface area contributed by atoms with Crippen LogP contribution < -0.4 is 5.32 Å². The van der Waals surface area contributed by atoms with Crippen molar-refractivity contribution < 1.29 is 14.3 Å². The number of piperazine rings is 1. The van der Waals surface area contributed by atoms with Gasteiger partial charge in [-0.1, -0.05) is 13.8 Å². The van der Waals surface area contributed by atoms with Crippen molar-refractivity contribution in [2.45, 2.75) is 32.7 Å². The van der Waals surface area contributed by atoms with Gasteiger partial charge in [-0.3, -0.25) is 4.79 Å². The molecule has 0 aliphatic carbocycles. The summed E-state index contributed by atoms with van der Waals surface area (Å²) in [5, 5.41) is 3.02. The Bertz CT molecular complexity index is 386. The molecule has 0 aromatic rings. The zero-order chi connectivity index (χ0) is 16.1. The summed E-state index contributed by atoms with van der Waals surface area (Å²) < 4.78 is 5.38. The van der Waals surface area contributed by atoms with Gasteiger partial charge in [-0.05, 0) is 25.8 Å². The number of ether oxygens (including phenoxy) is 1. The minimum Gasteiger partial charge on any atom is -0.381 e. The maximum Gasteiger partial charge on any atom is 0.318 e. The van der Waals surface area contributed by atoms with Crippen molar-refractivity contribution in [2.75, 3.05) is 46.4 Å². The summed E-state index contributed by atoms with van der Waals surface area (Å²) in [6.07, 6.45) is 1.68. The van der Waals surface area contributed by atoms with Crippen LogP contribution in [0.2, 0.25) is 0 Å². The number of carbonyl (C=O) groups is 2. The molecule has 0 aromatic carbocycles. The van der Waals surface area contributed by atoms with Crippen LogP contribution in [0.3, 0.4) is 0 Å². The predicted molar refractivity (Wildman–Crippen MR) is 84.8 cm³/mol. The topological polar surface area (TPSA) is 61.9 Å². The van der Waals surface area contributed by atoms with Crippen LogP contribution in [0.4, 0.5) is 4.79 Å². The number of nitrogens with zero attached hydrogens (tertiary/aromatic N) is 2. The molecular weight excluding hydrogens is 282 g/mol. The van der Waals surface area contributed by atoms with E-state index in [0.717, 1.165) is 39.0 Å². The summed E-state index contributed by atoms with van der Waals surface area (Å²) in [5.74, 6) is 0.259. The third-order valence-corrected chi connectivity index (χ3v) is 4.68. The average Bonchev–Trinajstić information content (AvgIpc) is 2.53. The van der Waals surface area contributed by atoms with Crippen LogP contribution in [0, 0.1) is 11.8 Å². The maximum atomic E-state index is 12.5. The van der Waals surface area contributed by atoms with Crippen molar-refractivity contribution >= 4 is 11.8 Å². The summed E-state index contributed by atoms with van der Waals surface area (Å²) in [7, 11) is 2.06. The second kappa shape index (κ2) is 7.92. The zero-order valence-corrected chi connectivity index (χ0v) is 14.0. The summed E-state index contributed by atoms with van der Waals surface area (Å²) in [4.78, 5) is 29.1. The fourth-order valence-corrected chi connectivity index (χ4v) is 3.06. The minimum absolute atomic E-state index is 0.0689. The van der Waals surface area contributed by atoms with Gasteiger partial charge in [0.2, 0.25) is 0 Å². The van der Waals surface area contributed by atoms with Crippen LogP contribution in [-0.2, 0) is 9.53 Å². The first-order valence-electron chi connectivity index (χ1n) is 8.34. The van der Waals surface area contributed by atoms with Gasteiger partial charge in [0.15, 0.2) is 5.78 Å². The first-order valence-corrected chi connectivity index (χ1v) is 8.34. The van der Waals surface area contributed by atoms with Crippen LogP contribution in [0.1, 0.15) is 26.7 Å². The quantitative estimate of drug-likeness (QED) is 0.840. The Hall–Kier alpha value is -1.14. The van der Waals surface area contributed by atoms with Gasteiger partial charge in [-0.2, -0.15) is 0 Å². The summed E-state index contributed by atoms with van der Waals surface area (Å²) >= 11 is 0. The van der Waals surface area contributed by atoms with Gasteiger partial charge in [-0.25, -0.2) is 4.79 Å². The molecule has 0 bridgehead atoms. The van der Waals surface area contributed by atoms with E-state index in [2.05, 4.69) is 17.3 Å². The second-order valence-electron chi connectivity index (χ2n) is 6.72. The van der Waals surface area contributed by atoms with E-state index in [1.165, 1.54) is 0 Å². The molecule has 2 saturated heterocycles. The number of rotatable bonds is 4. The minimum atomic E-state index is -0.379. The van der Waals surface area contributed by atoms with E-state index in [1.807, 2.05) is 18.7 Å². The molecule has 2 aliphatic heterocycles. The Morgan fingerprint density at radius 1 is 1.09 bits per heavy atom. The van der Waals surface area contributed by atoms with Crippen LogP contribution in [-0.4, -0.2) is 74.1 Å². The Kier molecular flexibility index (Phi) is 6.20. The monoisotopic (exact) mass is 311 g/mol. The van der Waals surface area contributed by atoms with Crippen LogP contribution in [0.15, 0.2) is 0 Å². The number of amides is 2. The third kappa shape index (κ3) is 4.43. The second-order valence-corrected chi connectivity index (χ2v) is 6.72. The Morgan fingerprint density at radius 2 is 1.68 bits per heavy atom. The van der Waals surface area contributed by atoms with E-state index >= 15 is 0 Å². The molecule has 22 heavy (non-hydrogen) atoms. The Labute approximate surface area is 133 Å². The molecular formula is C16H29N3O3. The number of nitrogens with one attached hydrogen (secondary N) is 1. The lowest BCUT2D eigenvalue weighted by molar-refractivity contribution is -0.126. The molecule has 2 aliphatic rings. The average molecular weight is 311 g/mol. The summed E-state index contributed by atoms with van der Waals surface area (Å²) in [5.41, 5.74) is 0. The highest BCUT2D eigenvalue weighted by Crippen LogP contribution is 2.22. The first kappa shape index (κ1) is 17.2. The number of Topliss-reactive ketones (excluding diaryl/α,β-unsaturated/α-hetero) is 1. The molecule has 0 unspecified atom stereocenters. The van der Waals surface area contributed by atoms with Crippen molar-refractivity contribution in [1.82, 2.24) is 15.1 Å². The highest BCUT2D eigenvalue weighted by atomic mass is 16.5. The van der Waals surface area contributed by atoms with Crippen molar-refractivity contribution in [3.8, 4) is 0 Å². The molecule has 0 spiro atoms. The number of carbonyl (C=O) groups excluding carboxylic acids is 2. The molecule has 6 heteroatoms. The fourth-order valence-electron chi connectivity index (χ4n) is 3.06. The van der Waals surface area contributed by atoms with Gasteiger partial charge in [0, 0.05) is 45.3 Å². The lowest BCUT2D eigenvalue weighted by Gasteiger charge is -2.36. The van der Waals surface area contributed by atoms with Crippen LogP contribution in [0.5, 0.6) is 0 Å². The highest BCUT2D eigenvalue weighted by Gasteiger charge is 2.33. The van der Waals surface area contributed by atoms with Crippen LogP contribution in [0.25, 0.3) is 0 Å². The molecule has 2 fully saturated rings. The van der Waals surface area contributed by atoms with E-state index in [1.54, 1.807) is 0 Å². The number of ketones is 1. The summed E-state index contributed by atoms with van der Waals surface area (Å²) in [6, 6.07) is -0.477. The molecule has 1 N–H and O–H groups in total. The molecule has 0 saturated carbocycles. The van der Waals surface area contributed by atoms with Gasteiger partial charge in [-0.15, -0.1) is 0 Å². The maximum absolute atomic E-state index is 12.5. The van der Waals surface area contributed by atoms with Crippen molar-refractivity contribution in [2.24, 2.45) is 11.8 Å². The number of hydrogen-bond donors (Lipinski definition) is 1. The van der Waals surface area contributed by atoms with Gasteiger partial charge < -0.3 is 19.9 Å². The molecule has 1 atom stereocenters. The number of urea groups is 1. The molecule has 0 radical (unpaired) electrons. The van der Waals surface area contributed by atoms with Crippen molar-refractivity contribution in [1.29, 1.82) is 0 Å². The number of likely N-dealkylation sites (N-methyl/N-ethyl adjacent to an activating group) is 1. The Morgan fingerprint density at radius 3 is 2.23 bits per heavy atom. The van der Waals surface area contributed by atoms with Gasteiger partial charge in [0.1, 0.15) is 0 Å². The van der Waals surface area contributed by atoms with E-state index < -0.39 is 0 Å². The summed E-state index contributed by atoms with van der Waals surface area (Å²) in [6.45, 7) is 8.36. The predicted octanol–water partition coefficient (Wildman–Crippen LogP) is 0.964. The van der Waals surface area contributed by atoms with Crippen molar-refractivity contribution in [3.63, 3.8) is 0 Å². The molecule has 2 amide bonds. The standard InChI is InChI=1S/C16H29N3O3/c1-12(2)15(20)14(13-4-10-22-11-5-13)17-16(21)19-8-6-18(3)7-9-19/h12-14H,4-11H2,1-3H3,(H,17,21)/t14-/m0/s1. The normalized spacial score (nSPS) is 22.6. The molecule has 126 valence electrons. The molecule has 0 aromatic heterocycles. The number of hydrogen-bond acceptors (Lipinski definition) is 4. The molecule has 2 heterocycles. The highest BCUT2D eigenvalue weighted by molar-refractivity contribution is 5.90. The smallest absolute Gasteiger partial charge is 0.318 e. The van der Waals surface area contributed by atoms with E-state index in [4.69, 9.17) is 4.74 Å². The molecule has 2 rings (SSSR count). The zero-order valence-electron chi connectivity index (χ0n) is 14.0. The SMILES string of the molecule is CC(C)C(=O)[C@@H](NC(=O)N1CCN(C)CC1)C1CCOCC1. The third-order valence-electron chi connectivity index (χ3n) is 4.68. The van der Waals surface area contributed by atoms with E-state index in [9.17, 15) is 9.59 Å². The lowest BCUT2D eigenvalue weighted by Crippen LogP contribution is -2.56. The van der Waals surface area contributed by atoms with E-state index in [-0.39, 0.29) is 29.7 Å². The Balaban J connectivity index is 1.98. The van der Waals surface area contributed by atoms with Gasteiger partial charge in [0.05, 0.1) is 6.04 Å².